The van der Waals surface area contributed by atoms with Crippen LogP contribution in [-0.2, 0) is 14.3 Å². The molecule has 2 atom stereocenters. The van der Waals surface area contributed by atoms with E-state index >= 15 is 0 Å². The monoisotopic (exact) mass is 314 g/mol. The van der Waals surface area contributed by atoms with Gasteiger partial charge in [0.2, 0.25) is 11.8 Å². The van der Waals surface area contributed by atoms with Gasteiger partial charge in [0.15, 0.2) is 0 Å². The van der Waals surface area contributed by atoms with Gasteiger partial charge >= 0.3 is 0 Å². The van der Waals surface area contributed by atoms with Crippen LogP contribution in [0.2, 0.25) is 0 Å². The van der Waals surface area contributed by atoms with E-state index in [9.17, 15) is 9.59 Å². The van der Waals surface area contributed by atoms with Crippen LogP contribution in [-0.4, -0.2) is 69.2 Å². The number of quaternary nitrogens is 1. The second kappa shape index (κ2) is 9.79. The van der Waals surface area contributed by atoms with Crippen LogP contribution in [0.25, 0.3) is 0 Å². The summed E-state index contributed by atoms with van der Waals surface area (Å²) >= 11 is 0. The SMILES string of the molecule is CC[NH+](CC)CCCNC(=O)[C@H]1CC(=O)N([C@@H](C)COC)C1. The summed E-state index contributed by atoms with van der Waals surface area (Å²) in [4.78, 5) is 27.5. The van der Waals surface area contributed by atoms with Crippen molar-refractivity contribution in [3.63, 3.8) is 0 Å². The van der Waals surface area contributed by atoms with Crippen molar-refractivity contribution in [1.82, 2.24) is 10.2 Å². The maximum atomic E-state index is 12.2. The first-order valence-corrected chi connectivity index (χ1v) is 8.43. The number of ether oxygens (including phenoxy) is 1. The maximum Gasteiger partial charge on any atom is 0.225 e. The van der Waals surface area contributed by atoms with Crippen LogP contribution in [0.4, 0.5) is 0 Å². The van der Waals surface area contributed by atoms with Crippen LogP contribution in [0.1, 0.15) is 33.6 Å². The molecule has 2 amide bonds. The third-order valence-corrected chi connectivity index (χ3v) is 4.48. The highest BCUT2D eigenvalue weighted by molar-refractivity contribution is 5.89. The molecular formula is C16H32N3O3+. The highest BCUT2D eigenvalue weighted by atomic mass is 16.5. The number of hydrogen-bond donors (Lipinski definition) is 2. The Kier molecular flexibility index (Phi) is 8.42. The molecule has 1 saturated heterocycles. The number of methoxy groups -OCH3 is 1. The van der Waals surface area contributed by atoms with Crippen molar-refractivity contribution < 1.29 is 19.2 Å². The third kappa shape index (κ3) is 5.57. The number of amides is 2. The third-order valence-electron chi connectivity index (χ3n) is 4.48. The molecule has 6 heteroatoms. The molecule has 1 rings (SSSR count). The van der Waals surface area contributed by atoms with Gasteiger partial charge in [-0.2, -0.15) is 0 Å². The summed E-state index contributed by atoms with van der Waals surface area (Å²) in [5, 5.41) is 2.98. The molecule has 1 heterocycles. The molecule has 0 spiro atoms. The van der Waals surface area contributed by atoms with Crippen LogP contribution in [0.15, 0.2) is 0 Å². The standard InChI is InChI=1S/C16H31N3O3/c1-5-18(6-2)9-7-8-17-16(21)14-10-15(20)19(11-14)13(3)12-22-4/h13-14H,5-12H2,1-4H3,(H,17,21)/p+1/t13-,14-/m0/s1. The van der Waals surface area contributed by atoms with E-state index in [-0.39, 0.29) is 23.8 Å². The van der Waals surface area contributed by atoms with E-state index in [1.54, 1.807) is 16.9 Å². The molecule has 0 radical (unpaired) electrons. The van der Waals surface area contributed by atoms with Gasteiger partial charge in [0, 0.05) is 33.0 Å². The number of carbonyl (C=O) groups is 2. The van der Waals surface area contributed by atoms with Crippen LogP contribution < -0.4 is 10.2 Å². The topological polar surface area (TPSA) is 63.1 Å². The molecule has 2 N–H and O–H groups in total. The minimum absolute atomic E-state index is 0.00927. The Labute approximate surface area is 134 Å². The predicted octanol–water partition coefficient (Wildman–Crippen LogP) is -0.699. The van der Waals surface area contributed by atoms with Crippen molar-refractivity contribution >= 4 is 11.8 Å². The Morgan fingerprint density at radius 1 is 1.45 bits per heavy atom. The molecule has 1 aliphatic rings. The summed E-state index contributed by atoms with van der Waals surface area (Å²) in [6.45, 7) is 11.3. The van der Waals surface area contributed by atoms with Gasteiger partial charge in [0.25, 0.3) is 0 Å². The number of rotatable bonds is 10. The molecule has 0 aromatic carbocycles. The zero-order valence-corrected chi connectivity index (χ0v) is 14.5. The van der Waals surface area contributed by atoms with Crippen LogP contribution >= 0.6 is 0 Å². The van der Waals surface area contributed by atoms with E-state index in [4.69, 9.17) is 4.74 Å². The first-order valence-electron chi connectivity index (χ1n) is 8.43. The Morgan fingerprint density at radius 2 is 2.14 bits per heavy atom. The quantitative estimate of drug-likeness (QED) is 0.524. The maximum absolute atomic E-state index is 12.2. The van der Waals surface area contributed by atoms with Gasteiger partial charge in [0.05, 0.1) is 38.2 Å². The summed E-state index contributed by atoms with van der Waals surface area (Å²) in [7, 11) is 1.62. The summed E-state index contributed by atoms with van der Waals surface area (Å²) < 4.78 is 5.09. The Bertz CT molecular complexity index is 359. The van der Waals surface area contributed by atoms with E-state index in [1.807, 2.05) is 6.92 Å². The smallest absolute Gasteiger partial charge is 0.225 e. The van der Waals surface area contributed by atoms with Gasteiger partial charge in [-0.05, 0) is 20.8 Å². The first kappa shape index (κ1) is 18.9. The van der Waals surface area contributed by atoms with E-state index in [0.29, 0.717) is 26.1 Å². The molecule has 0 bridgehead atoms. The van der Waals surface area contributed by atoms with Gasteiger partial charge in [-0.3, -0.25) is 9.59 Å². The lowest BCUT2D eigenvalue weighted by Gasteiger charge is -2.23. The van der Waals surface area contributed by atoms with Crippen molar-refractivity contribution in [2.75, 3.05) is 46.4 Å². The van der Waals surface area contributed by atoms with Gasteiger partial charge in [-0.1, -0.05) is 0 Å². The van der Waals surface area contributed by atoms with E-state index in [0.717, 1.165) is 26.1 Å². The fourth-order valence-corrected chi connectivity index (χ4v) is 2.96. The molecule has 0 aromatic rings. The molecule has 1 fully saturated rings. The summed E-state index contributed by atoms with van der Waals surface area (Å²) in [6, 6.07) is 0.0292. The summed E-state index contributed by atoms with van der Waals surface area (Å²) in [5.74, 6) is -0.153. The number of hydrogen-bond acceptors (Lipinski definition) is 3. The van der Waals surface area contributed by atoms with Gasteiger partial charge in [-0.25, -0.2) is 0 Å². The second-order valence-corrected chi connectivity index (χ2v) is 6.10. The fraction of sp³-hybridized carbons (Fsp3) is 0.875. The van der Waals surface area contributed by atoms with Gasteiger partial charge in [0.1, 0.15) is 0 Å². The second-order valence-electron chi connectivity index (χ2n) is 6.10. The number of likely N-dealkylation sites (tertiary alicyclic amines) is 1. The van der Waals surface area contributed by atoms with Crippen molar-refractivity contribution in [1.29, 1.82) is 0 Å². The normalized spacial score (nSPS) is 19.8. The Hall–Kier alpha value is -1.14. The van der Waals surface area contributed by atoms with E-state index in [1.165, 1.54) is 0 Å². The number of nitrogens with zero attached hydrogens (tertiary/aromatic N) is 1. The molecule has 0 aromatic heterocycles. The zero-order chi connectivity index (χ0) is 16.5. The minimum atomic E-state index is -0.215. The lowest BCUT2D eigenvalue weighted by molar-refractivity contribution is -0.896. The van der Waals surface area contributed by atoms with Crippen LogP contribution in [0.5, 0.6) is 0 Å². The van der Waals surface area contributed by atoms with Crippen molar-refractivity contribution in [2.45, 2.75) is 39.7 Å². The molecule has 0 saturated carbocycles. The molecule has 0 unspecified atom stereocenters. The molecule has 128 valence electrons. The highest BCUT2D eigenvalue weighted by Crippen LogP contribution is 2.20. The molecule has 22 heavy (non-hydrogen) atoms. The molecule has 1 aliphatic heterocycles. The van der Waals surface area contributed by atoms with Crippen molar-refractivity contribution in [2.24, 2.45) is 5.92 Å². The largest absolute Gasteiger partial charge is 0.383 e. The number of nitrogens with one attached hydrogen (secondary N) is 2. The number of carbonyl (C=O) groups excluding carboxylic acids is 2. The Balaban J connectivity index is 2.30. The van der Waals surface area contributed by atoms with E-state index in [2.05, 4.69) is 19.2 Å². The molecule has 6 nitrogen and oxygen atoms in total. The molecule has 0 aliphatic carbocycles. The molecular weight excluding hydrogens is 282 g/mol. The zero-order valence-electron chi connectivity index (χ0n) is 14.5. The van der Waals surface area contributed by atoms with Crippen LogP contribution in [0.3, 0.4) is 0 Å². The van der Waals surface area contributed by atoms with Crippen molar-refractivity contribution in [3.8, 4) is 0 Å². The average Bonchev–Trinajstić information content (AvgIpc) is 2.89. The van der Waals surface area contributed by atoms with Gasteiger partial charge < -0.3 is 19.9 Å². The first-order chi connectivity index (χ1) is 10.5. The van der Waals surface area contributed by atoms with Crippen molar-refractivity contribution in [3.05, 3.63) is 0 Å². The summed E-state index contributed by atoms with van der Waals surface area (Å²) in [5.41, 5.74) is 0. The average molecular weight is 314 g/mol. The summed E-state index contributed by atoms with van der Waals surface area (Å²) in [6.07, 6.45) is 1.30. The Morgan fingerprint density at radius 3 is 2.73 bits per heavy atom. The predicted molar refractivity (Wildman–Crippen MR) is 85.7 cm³/mol. The lowest BCUT2D eigenvalue weighted by atomic mass is 10.1. The minimum Gasteiger partial charge on any atom is -0.383 e. The fourth-order valence-electron chi connectivity index (χ4n) is 2.96. The van der Waals surface area contributed by atoms with E-state index < -0.39 is 0 Å². The lowest BCUT2D eigenvalue weighted by Crippen LogP contribution is -3.11. The van der Waals surface area contributed by atoms with Crippen LogP contribution in [0, 0.1) is 5.92 Å². The van der Waals surface area contributed by atoms with Gasteiger partial charge in [-0.15, -0.1) is 0 Å². The highest BCUT2D eigenvalue weighted by Gasteiger charge is 2.36.